The highest BCUT2D eigenvalue weighted by Gasteiger charge is 2.04. The molecule has 0 bridgehead atoms. The monoisotopic (exact) mass is 226 g/mol. The standard InChI is InChI=1S/C8H4BrFN2/c9-8-7-5(10)2-1-3-6(7)11-4-12-8/h1-4H. The molecule has 0 N–H and O–H groups in total. The first-order valence-electron chi connectivity index (χ1n) is 3.34. The molecule has 60 valence electrons. The Morgan fingerprint density at radius 1 is 1.25 bits per heavy atom. The van der Waals surface area contributed by atoms with Gasteiger partial charge in [-0.2, -0.15) is 0 Å². The van der Waals surface area contributed by atoms with E-state index >= 15 is 0 Å². The molecule has 0 saturated heterocycles. The molecular weight excluding hydrogens is 223 g/mol. The third-order valence-electron chi connectivity index (χ3n) is 1.57. The SMILES string of the molecule is Fc1cccc2ncnc(Br)c12. The molecular formula is C8H4BrFN2. The van der Waals surface area contributed by atoms with Gasteiger partial charge in [0.05, 0.1) is 10.9 Å². The quantitative estimate of drug-likeness (QED) is 0.646. The second-order valence-electron chi connectivity index (χ2n) is 2.30. The lowest BCUT2D eigenvalue weighted by molar-refractivity contribution is 0.638. The Labute approximate surface area is 76.6 Å². The Morgan fingerprint density at radius 2 is 2.08 bits per heavy atom. The van der Waals surface area contributed by atoms with E-state index in [2.05, 4.69) is 25.9 Å². The van der Waals surface area contributed by atoms with Crippen LogP contribution in [0, 0.1) is 5.82 Å². The molecule has 0 aliphatic rings. The summed E-state index contributed by atoms with van der Waals surface area (Å²) < 4.78 is 13.6. The fourth-order valence-corrected chi connectivity index (χ4v) is 1.51. The van der Waals surface area contributed by atoms with E-state index in [0.29, 0.717) is 15.5 Å². The number of aromatic nitrogens is 2. The lowest BCUT2D eigenvalue weighted by atomic mass is 10.2. The maximum absolute atomic E-state index is 13.1. The van der Waals surface area contributed by atoms with E-state index in [-0.39, 0.29) is 5.82 Å². The summed E-state index contributed by atoms with van der Waals surface area (Å²) in [4.78, 5) is 7.76. The van der Waals surface area contributed by atoms with Crippen molar-refractivity contribution in [1.29, 1.82) is 0 Å². The summed E-state index contributed by atoms with van der Waals surface area (Å²) in [7, 11) is 0. The van der Waals surface area contributed by atoms with E-state index in [0.717, 1.165) is 0 Å². The molecule has 0 radical (unpaired) electrons. The predicted molar refractivity (Wildman–Crippen MR) is 47.2 cm³/mol. The van der Waals surface area contributed by atoms with E-state index in [1.165, 1.54) is 12.4 Å². The van der Waals surface area contributed by atoms with Crippen LogP contribution in [0.1, 0.15) is 0 Å². The molecule has 1 aromatic carbocycles. The van der Waals surface area contributed by atoms with Crippen molar-refractivity contribution in [1.82, 2.24) is 9.97 Å². The highest BCUT2D eigenvalue weighted by atomic mass is 79.9. The van der Waals surface area contributed by atoms with Crippen molar-refractivity contribution >= 4 is 26.8 Å². The van der Waals surface area contributed by atoms with Gasteiger partial charge in [-0.3, -0.25) is 0 Å². The van der Waals surface area contributed by atoms with Gasteiger partial charge >= 0.3 is 0 Å². The van der Waals surface area contributed by atoms with E-state index in [4.69, 9.17) is 0 Å². The van der Waals surface area contributed by atoms with Gasteiger partial charge in [0.2, 0.25) is 0 Å². The lowest BCUT2D eigenvalue weighted by Gasteiger charge is -1.98. The van der Waals surface area contributed by atoms with Gasteiger partial charge in [-0.15, -0.1) is 0 Å². The lowest BCUT2D eigenvalue weighted by Crippen LogP contribution is -1.86. The van der Waals surface area contributed by atoms with E-state index in [1.807, 2.05) is 0 Å². The minimum absolute atomic E-state index is 0.306. The number of halogens is 2. The van der Waals surface area contributed by atoms with E-state index in [9.17, 15) is 4.39 Å². The Kier molecular flexibility index (Phi) is 1.77. The van der Waals surface area contributed by atoms with Crippen molar-refractivity contribution in [3.05, 3.63) is 34.9 Å². The van der Waals surface area contributed by atoms with Crippen molar-refractivity contribution < 1.29 is 4.39 Å². The Morgan fingerprint density at radius 3 is 2.83 bits per heavy atom. The minimum Gasteiger partial charge on any atom is -0.236 e. The molecule has 0 atom stereocenters. The van der Waals surface area contributed by atoms with Crippen LogP contribution in [0.15, 0.2) is 29.1 Å². The van der Waals surface area contributed by atoms with E-state index < -0.39 is 0 Å². The summed E-state index contributed by atoms with van der Waals surface area (Å²) in [5, 5.41) is 0.431. The summed E-state index contributed by atoms with van der Waals surface area (Å²) in [5.41, 5.74) is 0.608. The molecule has 0 aliphatic carbocycles. The Hall–Kier alpha value is -1.03. The number of hydrogen-bond acceptors (Lipinski definition) is 2. The van der Waals surface area contributed by atoms with Crippen molar-refractivity contribution in [3.63, 3.8) is 0 Å². The highest BCUT2D eigenvalue weighted by Crippen LogP contribution is 2.21. The van der Waals surface area contributed by atoms with Crippen LogP contribution in [0.5, 0.6) is 0 Å². The molecule has 12 heavy (non-hydrogen) atoms. The van der Waals surface area contributed by atoms with Crippen molar-refractivity contribution in [2.45, 2.75) is 0 Å². The molecule has 0 saturated carbocycles. The summed E-state index contributed by atoms with van der Waals surface area (Å²) >= 11 is 3.16. The van der Waals surface area contributed by atoms with E-state index in [1.54, 1.807) is 12.1 Å². The average molecular weight is 227 g/mol. The van der Waals surface area contributed by atoms with Crippen LogP contribution in [0.3, 0.4) is 0 Å². The predicted octanol–water partition coefficient (Wildman–Crippen LogP) is 2.53. The molecule has 4 heteroatoms. The van der Waals surface area contributed by atoms with Crippen LogP contribution in [0.4, 0.5) is 4.39 Å². The molecule has 0 aliphatic heterocycles. The molecule has 1 heterocycles. The maximum atomic E-state index is 13.1. The topological polar surface area (TPSA) is 25.8 Å². The summed E-state index contributed by atoms with van der Waals surface area (Å²) in [6.45, 7) is 0. The zero-order valence-electron chi connectivity index (χ0n) is 5.96. The van der Waals surface area contributed by atoms with Crippen LogP contribution < -0.4 is 0 Å². The number of rotatable bonds is 0. The largest absolute Gasteiger partial charge is 0.236 e. The first-order chi connectivity index (χ1) is 5.79. The summed E-state index contributed by atoms with van der Waals surface area (Å²) in [6, 6.07) is 4.75. The zero-order valence-corrected chi connectivity index (χ0v) is 7.55. The van der Waals surface area contributed by atoms with Gasteiger partial charge in [-0.1, -0.05) is 6.07 Å². The van der Waals surface area contributed by atoms with Gasteiger partial charge < -0.3 is 0 Å². The molecule has 0 amide bonds. The van der Waals surface area contributed by atoms with Gasteiger partial charge in [0.1, 0.15) is 16.7 Å². The Balaban J connectivity index is 2.96. The maximum Gasteiger partial charge on any atom is 0.135 e. The number of nitrogens with zero attached hydrogens (tertiary/aromatic N) is 2. The van der Waals surface area contributed by atoms with Gasteiger partial charge in [0, 0.05) is 0 Å². The highest BCUT2D eigenvalue weighted by molar-refractivity contribution is 9.10. The van der Waals surface area contributed by atoms with Crippen molar-refractivity contribution in [3.8, 4) is 0 Å². The van der Waals surface area contributed by atoms with Crippen LogP contribution in [0.25, 0.3) is 10.9 Å². The second-order valence-corrected chi connectivity index (χ2v) is 3.05. The van der Waals surface area contributed by atoms with Crippen molar-refractivity contribution in [2.75, 3.05) is 0 Å². The van der Waals surface area contributed by atoms with Crippen LogP contribution >= 0.6 is 15.9 Å². The fraction of sp³-hybridized carbons (Fsp3) is 0. The number of benzene rings is 1. The van der Waals surface area contributed by atoms with Crippen LogP contribution in [0.2, 0.25) is 0 Å². The van der Waals surface area contributed by atoms with Gasteiger partial charge in [0.15, 0.2) is 0 Å². The molecule has 2 aromatic rings. The fourth-order valence-electron chi connectivity index (χ4n) is 1.03. The number of fused-ring (bicyclic) bond motifs is 1. The second kappa shape index (κ2) is 2.79. The molecule has 0 spiro atoms. The molecule has 2 nitrogen and oxygen atoms in total. The minimum atomic E-state index is -0.306. The van der Waals surface area contributed by atoms with Gasteiger partial charge in [-0.25, -0.2) is 14.4 Å². The number of hydrogen-bond donors (Lipinski definition) is 0. The Bertz CT molecular complexity index is 394. The van der Waals surface area contributed by atoms with Crippen molar-refractivity contribution in [2.24, 2.45) is 0 Å². The first kappa shape index (κ1) is 7.61. The molecule has 0 unspecified atom stereocenters. The third-order valence-corrected chi connectivity index (χ3v) is 2.17. The van der Waals surface area contributed by atoms with Crippen LogP contribution in [-0.4, -0.2) is 9.97 Å². The smallest absolute Gasteiger partial charge is 0.135 e. The summed E-state index contributed by atoms with van der Waals surface area (Å²) in [5.74, 6) is -0.306. The zero-order chi connectivity index (χ0) is 8.55. The van der Waals surface area contributed by atoms with Crippen LogP contribution in [-0.2, 0) is 0 Å². The first-order valence-corrected chi connectivity index (χ1v) is 4.13. The third kappa shape index (κ3) is 1.08. The van der Waals surface area contributed by atoms with Gasteiger partial charge in [0.25, 0.3) is 0 Å². The summed E-state index contributed by atoms with van der Waals surface area (Å²) in [6.07, 6.45) is 1.39. The molecule has 1 aromatic heterocycles. The van der Waals surface area contributed by atoms with Gasteiger partial charge in [-0.05, 0) is 28.1 Å². The average Bonchev–Trinajstić information content (AvgIpc) is 2.04. The normalized spacial score (nSPS) is 10.5. The molecule has 0 fully saturated rings. The molecule has 2 rings (SSSR count).